The number of benzene rings is 1. The zero-order valence-corrected chi connectivity index (χ0v) is 11.9. The Morgan fingerprint density at radius 1 is 1.21 bits per heavy atom. The molecule has 0 aliphatic heterocycles. The van der Waals surface area contributed by atoms with E-state index in [0.717, 1.165) is 11.4 Å². The normalized spacial score (nSPS) is 12.5. The van der Waals surface area contributed by atoms with Gasteiger partial charge in [-0.25, -0.2) is 0 Å². The Labute approximate surface area is 113 Å². The summed E-state index contributed by atoms with van der Waals surface area (Å²) in [6, 6.07) is 7.57. The molecule has 2 N–H and O–H groups in total. The molecular weight excluding hydrogens is 236 g/mol. The van der Waals surface area contributed by atoms with Crippen LogP contribution in [0.3, 0.4) is 0 Å². The van der Waals surface area contributed by atoms with Crippen LogP contribution in [0.25, 0.3) is 5.69 Å². The molecule has 0 spiro atoms. The van der Waals surface area contributed by atoms with Crippen LogP contribution >= 0.6 is 0 Å². The van der Waals surface area contributed by atoms with Crippen LogP contribution in [0.2, 0.25) is 0 Å². The van der Waals surface area contributed by atoms with Crippen molar-refractivity contribution in [2.24, 2.45) is 5.73 Å². The highest BCUT2D eigenvalue weighted by atomic mass is 16.1. The molecule has 1 aromatic heterocycles. The number of hydrogen-bond donors (Lipinski definition) is 1. The molecule has 3 nitrogen and oxygen atoms in total. The third-order valence-electron chi connectivity index (χ3n) is 3.60. The van der Waals surface area contributed by atoms with Crippen molar-refractivity contribution in [3.05, 3.63) is 63.1 Å². The zero-order valence-electron chi connectivity index (χ0n) is 11.9. The highest BCUT2D eigenvalue weighted by molar-refractivity contribution is 5.46. The zero-order chi connectivity index (χ0) is 14.2. The van der Waals surface area contributed by atoms with E-state index in [1.54, 1.807) is 6.07 Å². The molecular formula is C16H20N2O. The number of nitrogens with zero attached hydrogens (tertiary/aromatic N) is 1. The van der Waals surface area contributed by atoms with Crippen LogP contribution in [0.15, 0.2) is 35.3 Å². The van der Waals surface area contributed by atoms with Gasteiger partial charge < -0.3 is 10.3 Å². The van der Waals surface area contributed by atoms with E-state index in [2.05, 4.69) is 26.0 Å². The van der Waals surface area contributed by atoms with E-state index in [0.29, 0.717) is 5.56 Å². The Bertz CT molecular complexity index is 669. The summed E-state index contributed by atoms with van der Waals surface area (Å²) in [5.74, 6) is 0. The van der Waals surface area contributed by atoms with Crippen LogP contribution in [0, 0.1) is 20.8 Å². The van der Waals surface area contributed by atoms with E-state index in [1.807, 2.05) is 30.7 Å². The van der Waals surface area contributed by atoms with Gasteiger partial charge in [-0.1, -0.05) is 12.1 Å². The van der Waals surface area contributed by atoms with E-state index in [9.17, 15) is 4.79 Å². The molecule has 3 heteroatoms. The fourth-order valence-electron chi connectivity index (χ4n) is 2.25. The van der Waals surface area contributed by atoms with Crippen LogP contribution in [0.1, 0.15) is 35.3 Å². The highest BCUT2D eigenvalue weighted by Crippen LogP contribution is 2.19. The molecule has 100 valence electrons. The van der Waals surface area contributed by atoms with Gasteiger partial charge in [0, 0.05) is 35.2 Å². The predicted octanol–water partition coefficient (Wildman–Crippen LogP) is 2.78. The Balaban J connectivity index is 2.72. The monoisotopic (exact) mass is 256 g/mol. The predicted molar refractivity (Wildman–Crippen MR) is 78.9 cm³/mol. The summed E-state index contributed by atoms with van der Waals surface area (Å²) >= 11 is 0. The van der Waals surface area contributed by atoms with Crippen molar-refractivity contribution in [2.75, 3.05) is 0 Å². The van der Waals surface area contributed by atoms with Crippen LogP contribution in [0.5, 0.6) is 0 Å². The van der Waals surface area contributed by atoms with E-state index >= 15 is 0 Å². The average molecular weight is 256 g/mol. The van der Waals surface area contributed by atoms with Gasteiger partial charge in [0.1, 0.15) is 0 Å². The second kappa shape index (κ2) is 5.02. The maximum Gasteiger partial charge on any atom is 0.186 e. The van der Waals surface area contributed by atoms with Crippen molar-refractivity contribution in [1.29, 1.82) is 0 Å². The van der Waals surface area contributed by atoms with Gasteiger partial charge in [-0.3, -0.25) is 4.79 Å². The number of pyridine rings is 1. The van der Waals surface area contributed by atoms with Crippen molar-refractivity contribution < 1.29 is 0 Å². The highest BCUT2D eigenvalue weighted by Gasteiger charge is 2.10. The van der Waals surface area contributed by atoms with E-state index in [-0.39, 0.29) is 11.5 Å². The maximum absolute atomic E-state index is 11.9. The van der Waals surface area contributed by atoms with Gasteiger partial charge in [-0.05, 0) is 44.9 Å². The number of nitrogens with two attached hydrogens (primary N) is 1. The van der Waals surface area contributed by atoms with Crippen molar-refractivity contribution in [3.63, 3.8) is 0 Å². The molecule has 1 aromatic carbocycles. The Morgan fingerprint density at radius 2 is 1.89 bits per heavy atom. The quantitative estimate of drug-likeness (QED) is 0.898. The largest absolute Gasteiger partial charge is 0.324 e. The molecule has 0 aliphatic rings. The molecule has 0 fully saturated rings. The molecule has 0 bridgehead atoms. The van der Waals surface area contributed by atoms with E-state index < -0.39 is 0 Å². The van der Waals surface area contributed by atoms with Crippen molar-refractivity contribution in [1.82, 2.24) is 4.57 Å². The van der Waals surface area contributed by atoms with Gasteiger partial charge in [0.25, 0.3) is 0 Å². The molecule has 0 amide bonds. The fraction of sp³-hybridized carbons (Fsp3) is 0.312. The molecule has 19 heavy (non-hydrogen) atoms. The van der Waals surface area contributed by atoms with Gasteiger partial charge in [-0.15, -0.1) is 0 Å². The Hall–Kier alpha value is -1.87. The standard InChI is InChI=1S/C16H20N2O/c1-10-6-5-7-15(12(10)3)18-9-14(13(4)17)16(19)8-11(18)2/h5-9,13H,17H2,1-4H3. The molecule has 1 heterocycles. The summed E-state index contributed by atoms with van der Waals surface area (Å²) < 4.78 is 2.04. The first-order valence-corrected chi connectivity index (χ1v) is 6.47. The summed E-state index contributed by atoms with van der Waals surface area (Å²) in [4.78, 5) is 11.9. The van der Waals surface area contributed by atoms with Crippen LogP contribution in [0.4, 0.5) is 0 Å². The first-order chi connectivity index (χ1) is 8.91. The molecule has 1 atom stereocenters. The molecule has 0 saturated carbocycles. The summed E-state index contributed by atoms with van der Waals surface area (Å²) in [7, 11) is 0. The second-order valence-electron chi connectivity index (χ2n) is 5.11. The Kier molecular flexibility index (Phi) is 3.58. The summed E-state index contributed by atoms with van der Waals surface area (Å²) in [6.07, 6.45) is 1.87. The molecule has 0 saturated heterocycles. The topological polar surface area (TPSA) is 48.0 Å². The van der Waals surface area contributed by atoms with E-state index in [1.165, 1.54) is 11.1 Å². The number of aryl methyl sites for hydroxylation is 2. The van der Waals surface area contributed by atoms with Gasteiger partial charge >= 0.3 is 0 Å². The molecule has 1 unspecified atom stereocenters. The first kappa shape index (κ1) is 13.6. The van der Waals surface area contributed by atoms with Gasteiger partial charge in [0.15, 0.2) is 5.43 Å². The third-order valence-corrected chi connectivity index (χ3v) is 3.60. The molecule has 0 aliphatic carbocycles. The smallest absolute Gasteiger partial charge is 0.186 e. The minimum atomic E-state index is -0.260. The third kappa shape index (κ3) is 2.47. The first-order valence-electron chi connectivity index (χ1n) is 6.47. The van der Waals surface area contributed by atoms with Crippen molar-refractivity contribution >= 4 is 0 Å². The van der Waals surface area contributed by atoms with Crippen LogP contribution in [-0.2, 0) is 0 Å². The lowest BCUT2D eigenvalue weighted by atomic mass is 10.1. The molecule has 0 radical (unpaired) electrons. The van der Waals surface area contributed by atoms with Crippen molar-refractivity contribution in [3.8, 4) is 5.69 Å². The minimum Gasteiger partial charge on any atom is -0.324 e. The van der Waals surface area contributed by atoms with Gasteiger partial charge in [-0.2, -0.15) is 0 Å². The lowest BCUT2D eigenvalue weighted by Gasteiger charge is -2.17. The van der Waals surface area contributed by atoms with E-state index in [4.69, 9.17) is 5.73 Å². The lowest BCUT2D eigenvalue weighted by molar-refractivity contribution is 0.785. The fourth-order valence-corrected chi connectivity index (χ4v) is 2.25. The van der Waals surface area contributed by atoms with Crippen LogP contribution < -0.4 is 11.2 Å². The maximum atomic E-state index is 11.9. The van der Waals surface area contributed by atoms with Gasteiger partial charge in [0.2, 0.25) is 0 Å². The van der Waals surface area contributed by atoms with Crippen LogP contribution in [-0.4, -0.2) is 4.57 Å². The summed E-state index contributed by atoms with van der Waals surface area (Å²) in [6.45, 7) is 7.95. The number of aromatic nitrogens is 1. The van der Waals surface area contributed by atoms with Gasteiger partial charge in [0.05, 0.1) is 0 Å². The summed E-state index contributed by atoms with van der Waals surface area (Å²) in [5.41, 5.74) is 11.0. The second-order valence-corrected chi connectivity index (χ2v) is 5.11. The molecule has 2 aromatic rings. The minimum absolute atomic E-state index is 0.00839. The summed E-state index contributed by atoms with van der Waals surface area (Å²) in [5, 5.41) is 0. The number of rotatable bonds is 2. The van der Waals surface area contributed by atoms with Crippen molar-refractivity contribution in [2.45, 2.75) is 33.7 Å². The molecule has 2 rings (SSSR count). The SMILES string of the molecule is Cc1cccc(-n2cc(C(C)N)c(=O)cc2C)c1C. The Morgan fingerprint density at radius 3 is 2.53 bits per heavy atom. The number of hydrogen-bond acceptors (Lipinski definition) is 2. The average Bonchev–Trinajstić information content (AvgIpc) is 2.33. The lowest BCUT2D eigenvalue weighted by Crippen LogP contribution is -2.20.